The zero-order valence-electron chi connectivity index (χ0n) is 13.2. The lowest BCUT2D eigenvalue weighted by Crippen LogP contribution is -2.48. The Morgan fingerprint density at radius 3 is 2.33 bits per heavy atom. The standard InChI is InChI=1S/C17H18Cl2N2O2S/c1-13-3-2-4-15(11-13)20-7-9-21(10-8-20)24(22,23)17-12-14(18)5-6-16(17)19/h2-6,11-12H,7-10H2,1H3. The molecule has 0 atom stereocenters. The van der Waals surface area contributed by atoms with E-state index in [2.05, 4.69) is 11.0 Å². The van der Waals surface area contributed by atoms with Crippen molar-refractivity contribution >= 4 is 38.9 Å². The fraction of sp³-hybridized carbons (Fsp3) is 0.294. The molecule has 4 nitrogen and oxygen atoms in total. The van der Waals surface area contributed by atoms with Gasteiger partial charge in [0, 0.05) is 36.9 Å². The average molecular weight is 385 g/mol. The van der Waals surface area contributed by atoms with Crippen LogP contribution in [0, 0.1) is 6.92 Å². The number of hydrogen-bond acceptors (Lipinski definition) is 3. The highest BCUT2D eigenvalue weighted by atomic mass is 35.5. The average Bonchev–Trinajstić information content (AvgIpc) is 2.57. The fourth-order valence-electron chi connectivity index (χ4n) is 2.83. The van der Waals surface area contributed by atoms with Gasteiger partial charge in [-0.15, -0.1) is 0 Å². The van der Waals surface area contributed by atoms with Crippen molar-refractivity contribution in [2.45, 2.75) is 11.8 Å². The summed E-state index contributed by atoms with van der Waals surface area (Å²) in [6, 6.07) is 12.7. The van der Waals surface area contributed by atoms with Crippen LogP contribution >= 0.6 is 23.2 Å². The molecular formula is C17H18Cl2N2O2S. The van der Waals surface area contributed by atoms with Crippen molar-refractivity contribution in [1.29, 1.82) is 0 Å². The Labute approximate surface area is 152 Å². The van der Waals surface area contributed by atoms with Gasteiger partial charge in [0.1, 0.15) is 4.90 Å². The molecule has 3 rings (SSSR count). The molecular weight excluding hydrogens is 367 g/mol. The third kappa shape index (κ3) is 3.54. The molecule has 7 heteroatoms. The molecule has 0 unspecified atom stereocenters. The summed E-state index contributed by atoms with van der Waals surface area (Å²) in [6.45, 7) is 4.16. The summed E-state index contributed by atoms with van der Waals surface area (Å²) in [5.74, 6) is 0. The maximum atomic E-state index is 12.8. The second-order valence-corrected chi connectivity index (χ2v) is 8.55. The third-order valence-electron chi connectivity index (χ3n) is 4.12. The molecule has 0 bridgehead atoms. The molecule has 0 radical (unpaired) electrons. The number of nitrogens with zero attached hydrogens (tertiary/aromatic N) is 2. The SMILES string of the molecule is Cc1cccc(N2CCN(S(=O)(=O)c3cc(Cl)ccc3Cl)CC2)c1. The van der Waals surface area contributed by atoms with Gasteiger partial charge in [0.2, 0.25) is 10.0 Å². The summed E-state index contributed by atoms with van der Waals surface area (Å²) in [6.07, 6.45) is 0. The first-order valence-corrected chi connectivity index (χ1v) is 9.84. The molecule has 1 aliphatic heterocycles. The third-order valence-corrected chi connectivity index (χ3v) is 6.73. The molecule has 0 spiro atoms. The lowest BCUT2D eigenvalue weighted by atomic mass is 10.2. The van der Waals surface area contributed by atoms with E-state index in [1.54, 1.807) is 6.07 Å². The second-order valence-electron chi connectivity index (χ2n) is 5.80. The number of halogens is 2. The highest BCUT2D eigenvalue weighted by Gasteiger charge is 2.30. The van der Waals surface area contributed by atoms with Crippen molar-refractivity contribution in [2.75, 3.05) is 31.1 Å². The summed E-state index contributed by atoms with van der Waals surface area (Å²) in [7, 11) is -3.64. The Morgan fingerprint density at radius 1 is 0.958 bits per heavy atom. The normalized spacial score (nSPS) is 16.4. The number of sulfonamides is 1. The minimum Gasteiger partial charge on any atom is -0.369 e. The summed E-state index contributed by atoms with van der Waals surface area (Å²) >= 11 is 12.0. The lowest BCUT2D eigenvalue weighted by molar-refractivity contribution is 0.385. The Hall–Kier alpha value is -1.27. The van der Waals surface area contributed by atoms with Crippen molar-refractivity contribution in [3.05, 3.63) is 58.1 Å². The van der Waals surface area contributed by atoms with E-state index in [1.807, 2.05) is 25.1 Å². The summed E-state index contributed by atoms with van der Waals surface area (Å²) in [5, 5.41) is 0.553. The number of benzene rings is 2. The number of piperazine rings is 1. The van der Waals surface area contributed by atoms with Gasteiger partial charge in [-0.05, 0) is 42.8 Å². The fourth-order valence-corrected chi connectivity index (χ4v) is 4.98. The topological polar surface area (TPSA) is 40.6 Å². The van der Waals surface area contributed by atoms with E-state index in [4.69, 9.17) is 23.2 Å². The van der Waals surface area contributed by atoms with E-state index < -0.39 is 10.0 Å². The molecule has 0 saturated carbocycles. The van der Waals surface area contributed by atoms with Crippen LogP contribution in [0.4, 0.5) is 5.69 Å². The van der Waals surface area contributed by atoms with Gasteiger partial charge in [-0.1, -0.05) is 35.3 Å². The van der Waals surface area contributed by atoms with Crippen LogP contribution in [0.3, 0.4) is 0 Å². The van der Waals surface area contributed by atoms with Gasteiger partial charge in [-0.25, -0.2) is 8.42 Å². The highest BCUT2D eigenvalue weighted by Crippen LogP contribution is 2.29. The van der Waals surface area contributed by atoms with Crippen LogP contribution in [0.25, 0.3) is 0 Å². The zero-order valence-corrected chi connectivity index (χ0v) is 15.6. The molecule has 24 heavy (non-hydrogen) atoms. The van der Waals surface area contributed by atoms with Crippen LogP contribution in [-0.4, -0.2) is 38.9 Å². The molecule has 1 heterocycles. The maximum absolute atomic E-state index is 12.8. The Bertz CT molecular complexity index is 847. The molecule has 0 aliphatic carbocycles. The van der Waals surface area contributed by atoms with E-state index in [0.717, 1.165) is 5.69 Å². The number of rotatable bonds is 3. The van der Waals surface area contributed by atoms with Gasteiger partial charge in [0.15, 0.2) is 0 Å². The van der Waals surface area contributed by atoms with Gasteiger partial charge in [0.05, 0.1) is 5.02 Å². The zero-order chi connectivity index (χ0) is 17.3. The van der Waals surface area contributed by atoms with Crippen molar-refractivity contribution in [1.82, 2.24) is 4.31 Å². The molecule has 0 amide bonds. The number of aryl methyl sites for hydroxylation is 1. The number of anilines is 1. The first-order chi connectivity index (χ1) is 11.4. The van der Waals surface area contributed by atoms with Gasteiger partial charge < -0.3 is 4.90 Å². The van der Waals surface area contributed by atoms with E-state index in [-0.39, 0.29) is 9.92 Å². The van der Waals surface area contributed by atoms with Gasteiger partial charge in [-0.2, -0.15) is 4.31 Å². The molecule has 128 valence electrons. The van der Waals surface area contributed by atoms with Crippen molar-refractivity contribution in [3.63, 3.8) is 0 Å². The quantitative estimate of drug-likeness (QED) is 0.807. The molecule has 0 N–H and O–H groups in total. The van der Waals surface area contributed by atoms with E-state index in [0.29, 0.717) is 31.2 Å². The minimum absolute atomic E-state index is 0.0701. The van der Waals surface area contributed by atoms with E-state index >= 15 is 0 Å². The number of hydrogen-bond donors (Lipinski definition) is 0. The van der Waals surface area contributed by atoms with Gasteiger partial charge in [0.25, 0.3) is 0 Å². The first kappa shape index (κ1) is 17.5. The van der Waals surface area contributed by atoms with Crippen molar-refractivity contribution in [3.8, 4) is 0 Å². The molecule has 2 aromatic carbocycles. The van der Waals surface area contributed by atoms with Crippen molar-refractivity contribution < 1.29 is 8.42 Å². The van der Waals surface area contributed by atoms with E-state index in [1.165, 1.54) is 22.0 Å². The summed E-state index contributed by atoms with van der Waals surface area (Å²) < 4.78 is 27.1. The lowest BCUT2D eigenvalue weighted by Gasteiger charge is -2.35. The van der Waals surface area contributed by atoms with Crippen LogP contribution < -0.4 is 4.90 Å². The summed E-state index contributed by atoms with van der Waals surface area (Å²) in [5.41, 5.74) is 2.31. The smallest absolute Gasteiger partial charge is 0.244 e. The molecule has 1 saturated heterocycles. The first-order valence-electron chi connectivity index (χ1n) is 7.65. The highest BCUT2D eigenvalue weighted by molar-refractivity contribution is 7.89. The van der Waals surface area contributed by atoms with Crippen LogP contribution in [0.15, 0.2) is 47.4 Å². The monoisotopic (exact) mass is 384 g/mol. The minimum atomic E-state index is -3.64. The summed E-state index contributed by atoms with van der Waals surface area (Å²) in [4.78, 5) is 2.26. The van der Waals surface area contributed by atoms with Crippen LogP contribution in [-0.2, 0) is 10.0 Å². The predicted octanol–water partition coefficient (Wildman–Crippen LogP) is 3.81. The Morgan fingerprint density at radius 2 is 1.67 bits per heavy atom. The van der Waals surface area contributed by atoms with Gasteiger partial charge >= 0.3 is 0 Å². The molecule has 0 aromatic heterocycles. The maximum Gasteiger partial charge on any atom is 0.244 e. The Balaban J connectivity index is 1.77. The van der Waals surface area contributed by atoms with E-state index in [9.17, 15) is 8.42 Å². The molecule has 1 fully saturated rings. The predicted molar refractivity (Wildman–Crippen MR) is 98.6 cm³/mol. The van der Waals surface area contributed by atoms with Crippen LogP contribution in [0.2, 0.25) is 10.0 Å². The van der Waals surface area contributed by atoms with Crippen molar-refractivity contribution in [2.24, 2.45) is 0 Å². The second kappa shape index (κ2) is 6.92. The van der Waals surface area contributed by atoms with Crippen LogP contribution in [0.5, 0.6) is 0 Å². The Kier molecular flexibility index (Phi) is 5.06. The largest absolute Gasteiger partial charge is 0.369 e. The van der Waals surface area contributed by atoms with Crippen LogP contribution in [0.1, 0.15) is 5.56 Å². The van der Waals surface area contributed by atoms with Gasteiger partial charge in [-0.3, -0.25) is 0 Å². The molecule has 1 aliphatic rings. The molecule has 2 aromatic rings.